The van der Waals surface area contributed by atoms with Gasteiger partial charge in [-0.1, -0.05) is 50.7 Å². The molecule has 0 bridgehead atoms. The SMILES string of the molecule is O=C(O)CCCCCCCCCCNC(=O)CCCOc1ccccc1[N+](=O)[O-]. The van der Waals surface area contributed by atoms with Gasteiger partial charge in [-0.05, 0) is 25.3 Å². The van der Waals surface area contributed by atoms with Crippen LogP contribution >= 0.6 is 0 Å². The average Bonchev–Trinajstić information content (AvgIpc) is 2.69. The summed E-state index contributed by atoms with van der Waals surface area (Å²) in [5, 5.41) is 22.3. The largest absolute Gasteiger partial charge is 0.487 e. The van der Waals surface area contributed by atoms with Crippen molar-refractivity contribution in [1.82, 2.24) is 5.32 Å². The Kier molecular flexibility index (Phi) is 12.9. The third-order valence-corrected chi connectivity index (χ3v) is 4.51. The number of carbonyl (C=O) groups is 2. The van der Waals surface area contributed by atoms with Gasteiger partial charge < -0.3 is 15.2 Å². The number of carboxylic acid groups (broad SMARTS) is 1. The quantitative estimate of drug-likeness (QED) is 0.223. The fourth-order valence-electron chi connectivity index (χ4n) is 2.92. The first-order valence-electron chi connectivity index (χ1n) is 10.4. The first-order chi connectivity index (χ1) is 14.0. The van der Waals surface area contributed by atoms with Gasteiger partial charge in [0.1, 0.15) is 0 Å². The summed E-state index contributed by atoms with van der Waals surface area (Å²) in [5.74, 6) is -0.533. The van der Waals surface area contributed by atoms with Gasteiger partial charge in [-0.25, -0.2) is 0 Å². The number of para-hydroxylation sites is 2. The molecule has 0 spiro atoms. The molecule has 1 aromatic carbocycles. The molecule has 162 valence electrons. The predicted molar refractivity (Wildman–Crippen MR) is 110 cm³/mol. The predicted octanol–water partition coefficient (Wildman–Crippen LogP) is 4.47. The monoisotopic (exact) mass is 408 g/mol. The number of nitrogens with zero attached hydrogens (tertiary/aromatic N) is 1. The lowest BCUT2D eigenvalue weighted by atomic mass is 10.1. The Morgan fingerprint density at radius 2 is 1.55 bits per heavy atom. The smallest absolute Gasteiger partial charge is 0.310 e. The van der Waals surface area contributed by atoms with Crippen LogP contribution in [0.4, 0.5) is 5.69 Å². The summed E-state index contributed by atoms with van der Waals surface area (Å²) in [4.78, 5) is 32.6. The van der Waals surface area contributed by atoms with Crippen molar-refractivity contribution < 1.29 is 24.4 Å². The van der Waals surface area contributed by atoms with Gasteiger partial charge in [0.15, 0.2) is 5.75 Å². The average molecular weight is 408 g/mol. The molecule has 0 saturated carbocycles. The minimum Gasteiger partial charge on any atom is -0.487 e. The fraction of sp³-hybridized carbons (Fsp3) is 0.619. The van der Waals surface area contributed by atoms with Crippen molar-refractivity contribution in [3.63, 3.8) is 0 Å². The third kappa shape index (κ3) is 12.4. The van der Waals surface area contributed by atoms with Crippen LogP contribution in [-0.2, 0) is 9.59 Å². The van der Waals surface area contributed by atoms with Crippen LogP contribution in [0, 0.1) is 10.1 Å². The van der Waals surface area contributed by atoms with E-state index in [4.69, 9.17) is 9.84 Å². The zero-order chi connectivity index (χ0) is 21.3. The number of nitro benzene ring substituents is 1. The minimum absolute atomic E-state index is 0.0328. The number of benzene rings is 1. The van der Waals surface area contributed by atoms with Gasteiger partial charge in [0.2, 0.25) is 5.91 Å². The van der Waals surface area contributed by atoms with E-state index < -0.39 is 10.9 Å². The zero-order valence-electron chi connectivity index (χ0n) is 16.9. The molecule has 0 aromatic heterocycles. The van der Waals surface area contributed by atoms with Gasteiger partial charge in [0.05, 0.1) is 11.5 Å². The van der Waals surface area contributed by atoms with Crippen molar-refractivity contribution in [1.29, 1.82) is 0 Å². The topological polar surface area (TPSA) is 119 Å². The van der Waals surface area contributed by atoms with Crippen molar-refractivity contribution in [2.75, 3.05) is 13.2 Å². The number of aliphatic carboxylic acids is 1. The summed E-state index contributed by atoms with van der Waals surface area (Å²) < 4.78 is 5.41. The van der Waals surface area contributed by atoms with Crippen LogP contribution < -0.4 is 10.1 Å². The highest BCUT2D eigenvalue weighted by Crippen LogP contribution is 2.25. The fourth-order valence-corrected chi connectivity index (χ4v) is 2.92. The maximum absolute atomic E-state index is 11.8. The number of hydrogen-bond donors (Lipinski definition) is 2. The van der Waals surface area contributed by atoms with E-state index >= 15 is 0 Å². The summed E-state index contributed by atoms with van der Waals surface area (Å²) in [6.07, 6.45) is 9.31. The second-order valence-corrected chi connectivity index (χ2v) is 7.00. The molecule has 8 nitrogen and oxygen atoms in total. The summed E-state index contributed by atoms with van der Waals surface area (Å²) in [7, 11) is 0. The summed E-state index contributed by atoms with van der Waals surface area (Å²) in [6, 6.07) is 6.20. The number of carbonyl (C=O) groups excluding carboxylic acids is 1. The lowest BCUT2D eigenvalue weighted by Crippen LogP contribution is -2.24. The van der Waals surface area contributed by atoms with Crippen molar-refractivity contribution in [2.45, 2.75) is 70.6 Å². The molecule has 2 N–H and O–H groups in total. The van der Waals surface area contributed by atoms with Gasteiger partial charge in [-0.2, -0.15) is 0 Å². The highest BCUT2D eigenvalue weighted by molar-refractivity contribution is 5.75. The number of ether oxygens (including phenoxy) is 1. The Morgan fingerprint density at radius 3 is 2.21 bits per heavy atom. The summed E-state index contributed by atoms with van der Waals surface area (Å²) in [5.41, 5.74) is -0.0720. The summed E-state index contributed by atoms with van der Waals surface area (Å²) >= 11 is 0. The molecule has 0 radical (unpaired) electrons. The number of amides is 1. The Hall–Kier alpha value is -2.64. The first-order valence-corrected chi connectivity index (χ1v) is 10.4. The van der Waals surface area contributed by atoms with Crippen LogP contribution in [0.1, 0.15) is 70.6 Å². The van der Waals surface area contributed by atoms with Gasteiger partial charge in [-0.3, -0.25) is 19.7 Å². The molecule has 1 amide bonds. The summed E-state index contributed by atoms with van der Waals surface area (Å²) in [6.45, 7) is 0.910. The van der Waals surface area contributed by atoms with Crippen molar-refractivity contribution >= 4 is 17.6 Å². The van der Waals surface area contributed by atoms with Crippen LogP contribution in [-0.4, -0.2) is 35.1 Å². The van der Waals surface area contributed by atoms with Crippen molar-refractivity contribution in [3.05, 3.63) is 34.4 Å². The highest BCUT2D eigenvalue weighted by atomic mass is 16.6. The highest BCUT2D eigenvalue weighted by Gasteiger charge is 2.13. The molecular weight excluding hydrogens is 376 g/mol. The van der Waals surface area contributed by atoms with E-state index in [0.717, 1.165) is 51.4 Å². The Labute approximate surface area is 171 Å². The van der Waals surface area contributed by atoms with Crippen LogP contribution in [0.15, 0.2) is 24.3 Å². The molecule has 0 fully saturated rings. The molecule has 1 rings (SSSR count). The Balaban J connectivity index is 1.95. The molecule has 0 heterocycles. The molecule has 0 aliphatic rings. The molecule has 29 heavy (non-hydrogen) atoms. The molecule has 0 aliphatic carbocycles. The maximum Gasteiger partial charge on any atom is 0.310 e. The Bertz CT molecular complexity index is 635. The van der Waals surface area contributed by atoms with Gasteiger partial charge in [0, 0.05) is 25.5 Å². The molecule has 1 aromatic rings. The second kappa shape index (κ2) is 15.3. The standard InChI is InChI=1S/C21H32N2O6/c24-20(14-11-17-29-19-13-9-8-12-18(19)23(27)28)22-16-10-6-4-2-1-3-5-7-15-21(25)26/h8-9,12-13H,1-7,10-11,14-17H2,(H,22,24)(H,25,26). The molecule has 8 heteroatoms. The molecule has 0 saturated heterocycles. The maximum atomic E-state index is 11.8. The van der Waals surface area contributed by atoms with Crippen LogP contribution in [0.25, 0.3) is 0 Å². The normalized spacial score (nSPS) is 10.5. The van der Waals surface area contributed by atoms with E-state index in [1.807, 2.05) is 0 Å². The number of rotatable bonds is 17. The lowest BCUT2D eigenvalue weighted by Gasteiger charge is -2.07. The van der Waals surface area contributed by atoms with E-state index in [-0.39, 0.29) is 30.4 Å². The van der Waals surface area contributed by atoms with Gasteiger partial charge in [0.25, 0.3) is 0 Å². The van der Waals surface area contributed by atoms with Crippen LogP contribution in [0.5, 0.6) is 5.75 Å². The number of unbranched alkanes of at least 4 members (excludes halogenated alkanes) is 7. The van der Waals surface area contributed by atoms with Crippen molar-refractivity contribution in [3.8, 4) is 5.75 Å². The first kappa shape index (κ1) is 24.4. The van der Waals surface area contributed by atoms with E-state index in [2.05, 4.69) is 5.32 Å². The van der Waals surface area contributed by atoms with Gasteiger partial charge in [-0.15, -0.1) is 0 Å². The number of hydrogen-bond acceptors (Lipinski definition) is 5. The van der Waals surface area contributed by atoms with E-state index in [9.17, 15) is 19.7 Å². The van der Waals surface area contributed by atoms with E-state index in [1.165, 1.54) is 6.07 Å². The zero-order valence-corrected chi connectivity index (χ0v) is 16.9. The molecule has 0 atom stereocenters. The lowest BCUT2D eigenvalue weighted by molar-refractivity contribution is -0.385. The van der Waals surface area contributed by atoms with Crippen molar-refractivity contribution in [2.24, 2.45) is 0 Å². The molecule has 0 unspecified atom stereocenters. The van der Waals surface area contributed by atoms with Crippen LogP contribution in [0.2, 0.25) is 0 Å². The second-order valence-electron chi connectivity index (χ2n) is 7.00. The van der Waals surface area contributed by atoms with E-state index in [0.29, 0.717) is 19.4 Å². The van der Waals surface area contributed by atoms with Gasteiger partial charge >= 0.3 is 11.7 Å². The number of nitrogens with one attached hydrogen (secondary N) is 1. The van der Waals surface area contributed by atoms with Crippen LogP contribution in [0.3, 0.4) is 0 Å². The molecule has 0 aliphatic heterocycles. The third-order valence-electron chi connectivity index (χ3n) is 4.51. The number of nitro groups is 1. The van der Waals surface area contributed by atoms with E-state index in [1.54, 1.807) is 18.2 Å². The molecular formula is C21H32N2O6. The Morgan fingerprint density at radius 1 is 0.931 bits per heavy atom. The number of carboxylic acids is 1. The minimum atomic E-state index is -0.722.